The van der Waals surface area contributed by atoms with Gasteiger partial charge in [-0.15, -0.1) is 0 Å². The minimum absolute atomic E-state index is 0.127. The van der Waals surface area contributed by atoms with Gasteiger partial charge >= 0.3 is 0 Å². The molecular formula is C17H16ClNO4S. The Balaban J connectivity index is 1.75. The fraction of sp³-hybridized carbons (Fsp3) is 0.235. The zero-order valence-electron chi connectivity index (χ0n) is 13.0. The molecule has 2 aromatic rings. The van der Waals surface area contributed by atoms with E-state index in [2.05, 4.69) is 0 Å². The number of rotatable bonds is 5. The van der Waals surface area contributed by atoms with E-state index in [4.69, 9.17) is 16.3 Å². The summed E-state index contributed by atoms with van der Waals surface area (Å²) < 4.78 is 30.3. The molecule has 0 spiro atoms. The number of halogens is 1. The smallest absolute Gasteiger partial charge is 0.232 e. The molecule has 0 radical (unpaired) electrons. The second-order valence-electron chi connectivity index (χ2n) is 5.57. The second-order valence-corrected chi connectivity index (χ2v) is 7.88. The van der Waals surface area contributed by atoms with Gasteiger partial charge in [0.15, 0.2) is 12.4 Å². The van der Waals surface area contributed by atoms with Crippen molar-refractivity contribution in [2.75, 3.05) is 23.7 Å². The molecule has 0 fully saturated rings. The predicted octanol–water partition coefficient (Wildman–Crippen LogP) is 2.92. The van der Waals surface area contributed by atoms with Crippen molar-refractivity contribution in [1.82, 2.24) is 0 Å². The summed E-state index contributed by atoms with van der Waals surface area (Å²) in [6.07, 6.45) is 1.77. The lowest BCUT2D eigenvalue weighted by molar-refractivity contribution is 0.0921. The quantitative estimate of drug-likeness (QED) is 0.764. The fourth-order valence-corrected chi connectivity index (χ4v) is 3.83. The van der Waals surface area contributed by atoms with Crippen molar-refractivity contribution >= 4 is 33.1 Å². The number of fused-ring (bicyclic) bond motifs is 1. The first-order chi connectivity index (χ1) is 11.4. The highest BCUT2D eigenvalue weighted by Gasteiger charge is 2.26. The lowest BCUT2D eigenvalue weighted by Crippen LogP contribution is -2.27. The molecular weight excluding hydrogens is 350 g/mol. The third kappa shape index (κ3) is 3.39. The number of ketones is 1. The van der Waals surface area contributed by atoms with Crippen LogP contribution in [0.5, 0.6) is 5.75 Å². The molecule has 1 aliphatic rings. The van der Waals surface area contributed by atoms with Gasteiger partial charge in [-0.1, -0.05) is 23.7 Å². The number of carbonyl (C=O) groups is 1. The first-order valence-electron chi connectivity index (χ1n) is 7.37. The molecule has 1 heterocycles. The van der Waals surface area contributed by atoms with E-state index in [1.54, 1.807) is 42.5 Å². The van der Waals surface area contributed by atoms with Crippen LogP contribution in [-0.2, 0) is 16.4 Å². The third-order valence-corrected chi connectivity index (χ3v) is 5.34. The molecule has 0 N–H and O–H groups in total. The summed E-state index contributed by atoms with van der Waals surface area (Å²) >= 11 is 5.99. The van der Waals surface area contributed by atoms with Crippen LogP contribution in [0.15, 0.2) is 42.5 Å². The minimum atomic E-state index is -3.29. The monoisotopic (exact) mass is 365 g/mol. The largest absolute Gasteiger partial charge is 0.484 e. The van der Waals surface area contributed by atoms with E-state index in [1.165, 1.54) is 10.6 Å². The number of hydrogen-bond acceptors (Lipinski definition) is 4. The number of anilines is 1. The molecule has 1 aliphatic heterocycles. The summed E-state index contributed by atoms with van der Waals surface area (Å²) in [5.74, 6) is 0.271. The maximum atomic E-state index is 12.3. The lowest BCUT2D eigenvalue weighted by Gasteiger charge is -2.16. The molecule has 0 bridgehead atoms. The standard InChI is InChI=1S/C17H16ClNO4S/c1-24(21,22)19-9-8-12-10-13(6-7-15(12)19)16(20)11-23-17-5-3-2-4-14(17)18/h2-7,10H,8-9,11H2,1H3. The van der Waals surface area contributed by atoms with E-state index >= 15 is 0 Å². The van der Waals surface area contributed by atoms with E-state index in [9.17, 15) is 13.2 Å². The number of carbonyl (C=O) groups excluding carboxylic acids is 1. The van der Waals surface area contributed by atoms with Gasteiger partial charge in [-0.05, 0) is 42.3 Å². The van der Waals surface area contributed by atoms with Crippen molar-refractivity contribution in [3.05, 3.63) is 58.6 Å². The van der Waals surface area contributed by atoms with Crippen LogP contribution in [0.3, 0.4) is 0 Å². The predicted molar refractivity (Wildman–Crippen MR) is 93.6 cm³/mol. The summed E-state index contributed by atoms with van der Waals surface area (Å²) in [6, 6.07) is 12.0. The highest BCUT2D eigenvalue weighted by molar-refractivity contribution is 7.92. The Bertz CT molecular complexity index is 895. The van der Waals surface area contributed by atoms with Gasteiger partial charge in [0.25, 0.3) is 0 Å². The Morgan fingerprint density at radius 3 is 2.71 bits per heavy atom. The van der Waals surface area contributed by atoms with Crippen LogP contribution in [-0.4, -0.2) is 33.6 Å². The third-order valence-electron chi connectivity index (χ3n) is 3.85. The van der Waals surface area contributed by atoms with Gasteiger partial charge in [0, 0.05) is 12.1 Å². The summed E-state index contributed by atoms with van der Waals surface area (Å²) in [5, 5.41) is 0.447. The summed E-state index contributed by atoms with van der Waals surface area (Å²) in [7, 11) is -3.29. The molecule has 0 aliphatic carbocycles. The zero-order valence-corrected chi connectivity index (χ0v) is 14.6. The number of para-hydroxylation sites is 1. The van der Waals surface area contributed by atoms with Crippen LogP contribution >= 0.6 is 11.6 Å². The normalized spacial score (nSPS) is 13.7. The molecule has 0 unspecified atom stereocenters. The van der Waals surface area contributed by atoms with Gasteiger partial charge in [-0.2, -0.15) is 0 Å². The van der Waals surface area contributed by atoms with Gasteiger partial charge in [0.05, 0.1) is 17.0 Å². The molecule has 2 aromatic carbocycles. The molecule has 126 valence electrons. The second kappa shape index (κ2) is 6.45. The average Bonchev–Trinajstić information content (AvgIpc) is 2.97. The van der Waals surface area contributed by atoms with Gasteiger partial charge in [-0.3, -0.25) is 9.10 Å². The Morgan fingerprint density at radius 1 is 1.25 bits per heavy atom. The number of sulfonamides is 1. The van der Waals surface area contributed by atoms with E-state index < -0.39 is 10.0 Å². The molecule has 0 atom stereocenters. The van der Waals surface area contributed by atoms with Crippen molar-refractivity contribution in [3.63, 3.8) is 0 Å². The molecule has 24 heavy (non-hydrogen) atoms. The van der Waals surface area contributed by atoms with Crippen molar-refractivity contribution < 1.29 is 17.9 Å². The van der Waals surface area contributed by atoms with Crippen molar-refractivity contribution in [2.24, 2.45) is 0 Å². The maximum absolute atomic E-state index is 12.3. The highest BCUT2D eigenvalue weighted by Crippen LogP contribution is 2.31. The van der Waals surface area contributed by atoms with Crippen LogP contribution < -0.4 is 9.04 Å². The van der Waals surface area contributed by atoms with Crippen LogP contribution in [0.25, 0.3) is 0 Å². The number of benzene rings is 2. The van der Waals surface area contributed by atoms with Gasteiger partial charge in [0.2, 0.25) is 10.0 Å². The molecule has 7 heteroatoms. The fourth-order valence-electron chi connectivity index (χ4n) is 2.68. The van der Waals surface area contributed by atoms with Crippen molar-refractivity contribution in [2.45, 2.75) is 6.42 Å². The van der Waals surface area contributed by atoms with E-state index in [0.29, 0.717) is 35.0 Å². The Labute approximate surface area is 145 Å². The van der Waals surface area contributed by atoms with E-state index in [1.807, 2.05) is 0 Å². The van der Waals surface area contributed by atoms with Crippen LogP contribution in [0.4, 0.5) is 5.69 Å². The lowest BCUT2D eigenvalue weighted by atomic mass is 10.1. The Hall–Kier alpha value is -2.05. The molecule has 5 nitrogen and oxygen atoms in total. The Morgan fingerprint density at radius 2 is 2.00 bits per heavy atom. The number of ether oxygens (including phenoxy) is 1. The Kier molecular flexibility index (Phi) is 4.51. The van der Waals surface area contributed by atoms with Gasteiger partial charge in [-0.25, -0.2) is 8.42 Å². The van der Waals surface area contributed by atoms with Crippen LogP contribution in [0.2, 0.25) is 5.02 Å². The van der Waals surface area contributed by atoms with Gasteiger partial charge < -0.3 is 4.74 Å². The minimum Gasteiger partial charge on any atom is -0.484 e. The SMILES string of the molecule is CS(=O)(=O)N1CCc2cc(C(=O)COc3ccccc3Cl)ccc21. The number of Topliss-reactive ketones (excluding diaryl/α,β-unsaturated/α-hetero) is 1. The molecule has 0 saturated heterocycles. The maximum Gasteiger partial charge on any atom is 0.232 e. The van der Waals surface area contributed by atoms with Crippen molar-refractivity contribution in [1.29, 1.82) is 0 Å². The zero-order chi connectivity index (χ0) is 17.3. The first-order valence-corrected chi connectivity index (χ1v) is 9.60. The van der Waals surface area contributed by atoms with Crippen LogP contribution in [0.1, 0.15) is 15.9 Å². The van der Waals surface area contributed by atoms with E-state index in [0.717, 1.165) is 5.56 Å². The molecule has 3 rings (SSSR count). The molecule has 0 amide bonds. The topological polar surface area (TPSA) is 63.7 Å². The van der Waals surface area contributed by atoms with Crippen molar-refractivity contribution in [3.8, 4) is 5.75 Å². The molecule has 0 aromatic heterocycles. The summed E-state index contributed by atoms with van der Waals surface area (Å²) in [6.45, 7) is 0.278. The average molecular weight is 366 g/mol. The highest BCUT2D eigenvalue weighted by atomic mass is 35.5. The number of hydrogen-bond donors (Lipinski definition) is 0. The first kappa shape index (κ1) is 16.8. The van der Waals surface area contributed by atoms with Gasteiger partial charge in [0.1, 0.15) is 5.75 Å². The van der Waals surface area contributed by atoms with E-state index in [-0.39, 0.29) is 12.4 Å². The number of nitrogens with zero attached hydrogens (tertiary/aromatic N) is 1. The summed E-state index contributed by atoms with van der Waals surface area (Å²) in [5.41, 5.74) is 1.99. The van der Waals surface area contributed by atoms with Crippen LogP contribution in [0, 0.1) is 0 Å². The summed E-state index contributed by atoms with van der Waals surface area (Å²) in [4.78, 5) is 12.3. The molecule has 0 saturated carbocycles.